The van der Waals surface area contributed by atoms with Crippen LogP contribution in [0.3, 0.4) is 0 Å². The van der Waals surface area contributed by atoms with Gasteiger partial charge in [-0.05, 0) is 41.3 Å². The van der Waals surface area contributed by atoms with Crippen molar-refractivity contribution >= 4 is 34.7 Å². The topological polar surface area (TPSA) is 91.0 Å². The lowest BCUT2D eigenvalue weighted by atomic mass is 9.89. The van der Waals surface area contributed by atoms with Gasteiger partial charge in [-0.15, -0.1) is 0 Å². The van der Waals surface area contributed by atoms with Crippen LogP contribution in [0.4, 0.5) is 5.82 Å². The number of rotatable bonds is 4. The number of nitrogens with zero attached hydrogens (tertiary/aromatic N) is 3. The van der Waals surface area contributed by atoms with Gasteiger partial charge in [0.2, 0.25) is 6.41 Å². The Bertz CT molecular complexity index is 1030. The van der Waals surface area contributed by atoms with Crippen molar-refractivity contribution in [3.63, 3.8) is 0 Å². The molecule has 1 aliphatic heterocycles. The van der Waals surface area contributed by atoms with Gasteiger partial charge in [0.05, 0.1) is 0 Å². The number of aromatic nitrogens is 3. The Morgan fingerprint density at radius 2 is 2.15 bits per heavy atom. The van der Waals surface area contributed by atoms with Crippen molar-refractivity contribution in [3.05, 3.63) is 60.1 Å². The smallest absolute Gasteiger partial charge is 0.254 e. The summed E-state index contributed by atoms with van der Waals surface area (Å²) in [5, 5.41) is 3.62. The molecule has 0 saturated carbocycles. The summed E-state index contributed by atoms with van der Waals surface area (Å²) in [6.07, 6.45) is 7.79. The molecule has 4 heterocycles. The van der Waals surface area contributed by atoms with E-state index in [1.807, 2.05) is 23.2 Å². The molecule has 0 spiro atoms. The number of carbonyl (C=O) groups excluding carboxylic acids is 2. The van der Waals surface area contributed by atoms with E-state index in [2.05, 4.69) is 33.3 Å². The predicted octanol–water partition coefficient (Wildman–Crippen LogP) is 2.70. The number of carbonyl (C=O) groups is 2. The van der Waals surface area contributed by atoms with Crippen LogP contribution in [0.5, 0.6) is 0 Å². The van der Waals surface area contributed by atoms with E-state index in [4.69, 9.17) is 0 Å². The molecule has 1 atom stereocenters. The van der Waals surface area contributed by atoms with Gasteiger partial charge in [-0.3, -0.25) is 14.6 Å². The van der Waals surface area contributed by atoms with Crippen LogP contribution in [0.2, 0.25) is 0 Å². The second kappa shape index (κ2) is 7.03. The maximum Gasteiger partial charge on any atom is 0.254 e. The first-order chi connectivity index (χ1) is 13.2. The molecule has 0 bridgehead atoms. The van der Waals surface area contributed by atoms with E-state index in [0.29, 0.717) is 30.9 Å². The zero-order chi connectivity index (χ0) is 18.8. The summed E-state index contributed by atoms with van der Waals surface area (Å²) >= 11 is 0. The van der Waals surface area contributed by atoms with Gasteiger partial charge < -0.3 is 15.2 Å². The van der Waals surface area contributed by atoms with Crippen molar-refractivity contribution in [2.45, 2.75) is 6.92 Å². The normalized spacial score (nSPS) is 16.9. The SMILES string of the molecule is CC1CN(C(=O)c2ccncc2)CC=C1c1cc(NC=O)nc2[nH]ccc12. The lowest BCUT2D eigenvalue weighted by molar-refractivity contribution is -0.105. The highest BCUT2D eigenvalue weighted by Gasteiger charge is 2.25. The molecule has 136 valence electrons. The average molecular weight is 361 g/mol. The van der Waals surface area contributed by atoms with Crippen molar-refractivity contribution in [3.8, 4) is 0 Å². The molecule has 2 N–H and O–H groups in total. The van der Waals surface area contributed by atoms with E-state index in [1.54, 1.807) is 24.5 Å². The van der Waals surface area contributed by atoms with E-state index < -0.39 is 0 Å². The summed E-state index contributed by atoms with van der Waals surface area (Å²) in [5.41, 5.74) is 3.53. The molecule has 0 fully saturated rings. The predicted molar refractivity (Wildman–Crippen MR) is 103 cm³/mol. The van der Waals surface area contributed by atoms with Gasteiger partial charge in [0.1, 0.15) is 11.5 Å². The third kappa shape index (κ3) is 3.19. The highest BCUT2D eigenvalue weighted by molar-refractivity contribution is 5.96. The summed E-state index contributed by atoms with van der Waals surface area (Å²) in [7, 11) is 0. The number of nitrogens with one attached hydrogen (secondary N) is 2. The molecule has 0 aromatic carbocycles. The zero-order valence-corrected chi connectivity index (χ0v) is 14.8. The van der Waals surface area contributed by atoms with E-state index in [-0.39, 0.29) is 11.8 Å². The van der Waals surface area contributed by atoms with Gasteiger partial charge >= 0.3 is 0 Å². The highest BCUT2D eigenvalue weighted by Crippen LogP contribution is 2.33. The molecule has 7 nitrogen and oxygen atoms in total. The van der Waals surface area contributed by atoms with Crippen LogP contribution in [-0.4, -0.2) is 45.3 Å². The average Bonchev–Trinajstić information content (AvgIpc) is 3.16. The Labute approximate surface area is 156 Å². The number of amides is 2. The number of aromatic amines is 1. The lowest BCUT2D eigenvalue weighted by Gasteiger charge is -2.31. The third-order valence-corrected chi connectivity index (χ3v) is 4.82. The van der Waals surface area contributed by atoms with E-state index in [1.165, 1.54) is 0 Å². The number of anilines is 1. The Morgan fingerprint density at radius 3 is 2.89 bits per heavy atom. The van der Waals surface area contributed by atoms with Gasteiger partial charge in [-0.25, -0.2) is 4.98 Å². The molecule has 7 heteroatoms. The highest BCUT2D eigenvalue weighted by atomic mass is 16.2. The van der Waals surface area contributed by atoms with E-state index >= 15 is 0 Å². The molecule has 3 aromatic rings. The summed E-state index contributed by atoms with van der Waals surface area (Å²) in [6, 6.07) is 7.32. The Balaban J connectivity index is 1.67. The van der Waals surface area contributed by atoms with Gasteiger partial charge in [0, 0.05) is 42.6 Å². The number of hydrogen-bond acceptors (Lipinski definition) is 4. The van der Waals surface area contributed by atoms with E-state index in [0.717, 1.165) is 22.2 Å². The standard InChI is InChI=1S/C20H19N5O2/c1-13-11-25(20(27)14-2-6-21-7-3-14)9-5-15(13)17-10-18(23-12-26)24-19-16(17)4-8-22-19/h2-8,10,12-13H,9,11H2,1H3,(H2,22,23,24,26). The molecule has 1 unspecified atom stereocenters. The first-order valence-corrected chi connectivity index (χ1v) is 8.75. The van der Waals surface area contributed by atoms with Crippen LogP contribution in [0.15, 0.2) is 48.9 Å². The van der Waals surface area contributed by atoms with Crippen LogP contribution < -0.4 is 5.32 Å². The Morgan fingerprint density at radius 1 is 1.33 bits per heavy atom. The van der Waals surface area contributed by atoms with Gasteiger partial charge in [-0.1, -0.05) is 13.0 Å². The molecule has 3 aromatic heterocycles. The fraction of sp³-hybridized carbons (Fsp3) is 0.200. The van der Waals surface area contributed by atoms with Crippen molar-refractivity contribution in [2.75, 3.05) is 18.4 Å². The van der Waals surface area contributed by atoms with Crippen molar-refractivity contribution in [1.29, 1.82) is 0 Å². The van der Waals surface area contributed by atoms with Crippen molar-refractivity contribution in [2.24, 2.45) is 5.92 Å². The minimum atomic E-state index is 0.00406. The molecule has 4 rings (SSSR count). The zero-order valence-electron chi connectivity index (χ0n) is 14.8. The second-order valence-corrected chi connectivity index (χ2v) is 6.56. The first-order valence-electron chi connectivity index (χ1n) is 8.75. The lowest BCUT2D eigenvalue weighted by Crippen LogP contribution is -2.38. The molecular formula is C20H19N5O2. The minimum Gasteiger partial charge on any atom is -0.346 e. The summed E-state index contributed by atoms with van der Waals surface area (Å²) in [4.78, 5) is 36.8. The minimum absolute atomic E-state index is 0.00406. The summed E-state index contributed by atoms with van der Waals surface area (Å²) in [6.45, 7) is 3.26. The summed E-state index contributed by atoms with van der Waals surface area (Å²) < 4.78 is 0. The molecular weight excluding hydrogens is 342 g/mol. The molecule has 2 amide bonds. The third-order valence-electron chi connectivity index (χ3n) is 4.82. The maximum absolute atomic E-state index is 12.7. The molecule has 0 saturated heterocycles. The first kappa shape index (κ1) is 17.0. The molecule has 0 aliphatic carbocycles. The summed E-state index contributed by atoms with van der Waals surface area (Å²) in [5.74, 6) is 0.650. The van der Waals surface area contributed by atoms with Crippen LogP contribution in [0.1, 0.15) is 22.8 Å². The molecule has 1 aliphatic rings. The number of hydrogen-bond donors (Lipinski definition) is 2. The van der Waals surface area contributed by atoms with Gasteiger partial charge in [0.25, 0.3) is 5.91 Å². The largest absolute Gasteiger partial charge is 0.346 e. The quantitative estimate of drug-likeness (QED) is 0.699. The Hall–Kier alpha value is -3.48. The van der Waals surface area contributed by atoms with Crippen molar-refractivity contribution in [1.82, 2.24) is 19.9 Å². The van der Waals surface area contributed by atoms with Gasteiger partial charge in [0.15, 0.2) is 0 Å². The second-order valence-electron chi connectivity index (χ2n) is 6.56. The monoisotopic (exact) mass is 361 g/mol. The fourth-order valence-electron chi connectivity index (χ4n) is 3.54. The molecule has 0 radical (unpaired) electrons. The number of pyridine rings is 2. The van der Waals surface area contributed by atoms with Gasteiger partial charge in [-0.2, -0.15) is 0 Å². The van der Waals surface area contributed by atoms with E-state index in [9.17, 15) is 9.59 Å². The van der Waals surface area contributed by atoms with Crippen molar-refractivity contribution < 1.29 is 9.59 Å². The van der Waals surface area contributed by atoms with Crippen LogP contribution in [0.25, 0.3) is 16.6 Å². The Kier molecular flexibility index (Phi) is 4.42. The van der Waals surface area contributed by atoms with Crippen LogP contribution in [-0.2, 0) is 4.79 Å². The molecule has 27 heavy (non-hydrogen) atoms. The van der Waals surface area contributed by atoms with Crippen LogP contribution in [0, 0.1) is 5.92 Å². The maximum atomic E-state index is 12.7. The van der Waals surface area contributed by atoms with Crippen LogP contribution >= 0.6 is 0 Å². The fourth-order valence-corrected chi connectivity index (χ4v) is 3.54. The number of fused-ring (bicyclic) bond motifs is 1. The number of H-pyrrole nitrogens is 1.